The van der Waals surface area contributed by atoms with Crippen LogP contribution in [0.3, 0.4) is 0 Å². The van der Waals surface area contributed by atoms with E-state index in [1.807, 2.05) is 0 Å². The summed E-state index contributed by atoms with van der Waals surface area (Å²) in [5.41, 5.74) is -1.20. The number of carbonyl (C=O) groups excluding carboxylic acids is 2. The van der Waals surface area contributed by atoms with Crippen LogP contribution in [0.5, 0.6) is 0 Å². The zero-order valence-electron chi connectivity index (χ0n) is 16.5. The van der Waals surface area contributed by atoms with Gasteiger partial charge in [-0.1, -0.05) is 17.7 Å². The third kappa shape index (κ3) is 5.38. The Kier molecular flexibility index (Phi) is 6.73. The summed E-state index contributed by atoms with van der Waals surface area (Å²) < 4.78 is 53.9. The molecule has 0 aliphatic heterocycles. The zero-order valence-corrected chi connectivity index (χ0v) is 17.2. The Hall–Kier alpha value is -3.53. The molecule has 3 rings (SSSR count). The molecule has 0 saturated carbocycles. The van der Waals surface area contributed by atoms with Gasteiger partial charge in [-0.2, -0.15) is 13.2 Å². The summed E-state index contributed by atoms with van der Waals surface area (Å²) in [5, 5.41) is 2.36. The summed E-state index contributed by atoms with van der Waals surface area (Å²) in [5.74, 6) is -2.05. The predicted octanol–water partition coefficient (Wildman–Crippen LogP) is 5.15. The molecule has 0 saturated heterocycles. The van der Waals surface area contributed by atoms with Gasteiger partial charge in [-0.15, -0.1) is 0 Å². The average Bonchev–Trinajstić information content (AvgIpc) is 2.70. The normalized spacial score (nSPS) is 11.2. The molecule has 32 heavy (non-hydrogen) atoms. The quantitative estimate of drug-likeness (QED) is 0.527. The highest BCUT2D eigenvalue weighted by atomic mass is 35.5. The van der Waals surface area contributed by atoms with Crippen LogP contribution in [0.25, 0.3) is 0 Å². The van der Waals surface area contributed by atoms with Gasteiger partial charge in [0.2, 0.25) is 11.8 Å². The second kappa shape index (κ2) is 9.31. The van der Waals surface area contributed by atoms with Crippen molar-refractivity contribution in [3.05, 3.63) is 77.0 Å². The lowest BCUT2D eigenvalue weighted by atomic mass is 10.0. The summed E-state index contributed by atoms with van der Waals surface area (Å²) in [4.78, 5) is 33.2. The first-order valence-corrected chi connectivity index (χ1v) is 9.46. The minimum atomic E-state index is -4.68. The minimum Gasteiger partial charge on any atom is -0.326 e. The van der Waals surface area contributed by atoms with E-state index in [0.29, 0.717) is 0 Å². The highest BCUT2D eigenvalue weighted by Gasteiger charge is 2.34. The number of hydrogen-bond acceptors (Lipinski definition) is 4. The number of pyridine rings is 2. The standard InChI is InChI=1S/C21H15ClF4N4O2/c1-12(31)30(18-5-6-27-11-17(18)23)19-10-15(4-7-28-19)29-20(32)8-13-2-3-14(22)9-16(13)21(24,25)26/h2-7,9-11H,8H2,1H3,(H,28,29,32). The Morgan fingerprint density at radius 3 is 2.53 bits per heavy atom. The molecule has 0 bridgehead atoms. The Labute approximate surface area is 184 Å². The lowest BCUT2D eigenvalue weighted by molar-refractivity contribution is -0.138. The first-order chi connectivity index (χ1) is 15.1. The summed E-state index contributed by atoms with van der Waals surface area (Å²) in [7, 11) is 0. The van der Waals surface area contributed by atoms with Crippen molar-refractivity contribution in [2.75, 3.05) is 10.2 Å². The number of carbonyl (C=O) groups is 2. The topological polar surface area (TPSA) is 75.2 Å². The van der Waals surface area contributed by atoms with Gasteiger partial charge in [0.15, 0.2) is 5.82 Å². The third-order valence-corrected chi connectivity index (χ3v) is 4.53. The van der Waals surface area contributed by atoms with Gasteiger partial charge < -0.3 is 5.32 Å². The van der Waals surface area contributed by atoms with Crippen LogP contribution in [0.2, 0.25) is 5.02 Å². The molecule has 0 spiro atoms. The van der Waals surface area contributed by atoms with Crippen LogP contribution in [-0.4, -0.2) is 21.8 Å². The van der Waals surface area contributed by atoms with Crippen LogP contribution in [0.15, 0.2) is 55.0 Å². The molecule has 11 heteroatoms. The molecular weight excluding hydrogens is 452 g/mol. The van der Waals surface area contributed by atoms with Gasteiger partial charge in [0.25, 0.3) is 0 Å². The number of benzene rings is 1. The van der Waals surface area contributed by atoms with Crippen molar-refractivity contribution in [3.63, 3.8) is 0 Å². The van der Waals surface area contributed by atoms with Crippen LogP contribution >= 0.6 is 11.6 Å². The number of aromatic nitrogens is 2. The van der Waals surface area contributed by atoms with Crippen molar-refractivity contribution in [1.82, 2.24) is 9.97 Å². The van der Waals surface area contributed by atoms with E-state index in [9.17, 15) is 27.2 Å². The predicted molar refractivity (Wildman–Crippen MR) is 110 cm³/mol. The lowest BCUT2D eigenvalue weighted by Crippen LogP contribution is -2.25. The molecule has 1 N–H and O–H groups in total. The van der Waals surface area contributed by atoms with Gasteiger partial charge in [0.05, 0.1) is 23.9 Å². The number of nitrogens with zero attached hydrogens (tertiary/aromatic N) is 3. The van der Waals surface area contributed by atoms with Crippen LogP contribution in [0.1, 0.15) is 18.1 Å². The Morgan fingerprint density at radius 1 is 1.12 bits per heavy atom. The van der Waals surface area contributed by atoms with Crippen molar-refractivity contribution >= 4 is 40.6 Å². The molecule has 0 atom stereocenters. The van der Waals surface area contributed by atoms with Crippen molar-refractivity contribution in [2.45, 2.75) is 19.5 Å². The number of alkyl halides is 3. The summed E-state index contributed by atoms with van der Waals surface area (Å²) in [6.07, 6.45) is -1.75. The summed E-state index contributed by atoms with van der Waals surface area (Å²) >= 11 is 5.65. The van der Waals surface area contributed by atoms with Crippen molar-refractivity contribution in [1.29, 1.82) is 0 Å². The van der Waals surface area contributed by atoms with Crippen molar-refractivity contribution in [2.24, 2.45) is 0 Å². The zero-order chi connectivity index (χ0) is 23.5. The van der Waals surface area contributed by atoms with E-state index in [-0.39, 0.29) is 27.8 Å². The van der Waals surface area contributed by atoms with E-state index in [1.54, 1.807) is 0 Å². The summed E-state index contributed by atoms with van der Waals surface area (Å²) in [6.45, 7) is 1.20. The van der Waals surface area contributed by atoms with E-state index >= 15 is 0 Å². The van der Waals surface area contributed by atoms with E-state index in [2.05, 4.69) is 15.3 Å². The number of amides is 2. The molecule has 6 nitrogen and oxygen atoms in total. The number of rotatable bonds is 5. The van der Waals surface area contributed by atoms with Gasteiger partial charge in [0, 0.05) is 36.1 Å². The van der Waals surface area contributed by atoms with Crippen LogP contribution < -0.4 is 10.2 Å². The van der Waals surface area contributed by atoms with Crippen LogP contribution in [0.4, 0.5) is 34.8 Å². The van der Waals surface area contributed by atoms with Crippen molar-refractivity contribution < 1.29 is 27.2 Å². The highest BCUT2D eigenvalue weighted by Crippen LogP contribution is 2.34. The Bertz CT molecular complexity index is 1170. The molecule has 0 fully saturated rings. The average molecular weight is 467 g/mol. The monoisotopic (exact) mass is 466 g/mol. The van der Waals surface area contributed by atoms with E-state index in [1.165, 1.54) is 43.6 Å². The molecule has 3 aromatic rings. The van der Waals surface area contributed by atoms with Gasteiger partial charge in [-0.3, -0.25) is 19.5 Å². The van der Waals surface area contributed by atoms with Gasteiger partial charge >= 0.3 is 6.18 Å². The molecule has 166 valence electrons. The first-order valence-electron chi connectivity index (χ1n) is 9.08. The molecule has 0 unspecified atom stereocenters. The fraction of sp³-hybridized carbons (Fsp3) is 0.143. The lowest BCUT2D eigenvalue weighted by Gasteiger charge is -2.21. The smallest absolute Gasteiger partial charge is 0.326 e. The van der Waals surface area contributed by atoms with Crippen LogP contribution in [0, 0.1) is 5.82 Å². The maximum Gasteiger partial charge on any atom is 0.416 e. The maximum absolute atomic E-state index is 14.1. The highest BCUT2D eigenvalue weighted by molar-refractivity contribution is 6.30. The van der Waals surface area contributed by atoms with Crippen LogP contribution in [-0.2, 0) is 22.2 Å². The van der Waals surface area contributed by atoms with Gasteiger partial charge in [-0.05, 0) is 29.8 Å². The number of anilines is 3. The summed E-state index contributed by atoms with van der Waals surface area (Å²) in [6, 6.07) is 7.11. The second-order valence-corrected chi connectivity index (χ2v) is 7.04. The second-order valence-electron chi connectivity index (χ2n) is 6.61. The number of nitrogens with one attached hydrogen (secondary N) is 1. The van der Waals surface area contributed by atoms with Gasteiger partial charge in [0.1, 0.15) is 5.82 Å². The fourth-order valence-electron chi connectivity index (χ4n) is 2.97. The molecule has 0 aliphatic rings. The fourth-order valence-corrected chi connectivity index (χ4v) is 3.14. The molecule has 0 radical (unpaired) electrons. The first kappa shape index (κ1) is 23.1. The Morgan fingerprint density at radius 2 is 1.88 bits per heavy atom. The molecule has 2 heterocycles. The maximum atomic E-state index is 14.1. The SMILES string of the molecule is CC(=O)N(c1cc(NC(=O)Cc2ccc(Cl)cc2C(F)(F)F)ccn1)c1ccncc1F. The number of hydrogen-bond donors (Lipinski definition) is 1. The van der Waals surface area contributed by atoms with Crippen molar-refractivity contribution in [3.8, 4) is 0 Å². The van der Waals surface area contributed by atoms with E-state index < -0.39 is 35.8 Å². The molecule has 2 amide bonds. The Balaban J connectivity index is 1.84. The number of halogens is 5. The molecule has 0 aliphatic carbocycles. The molecule has 1 aromatic carbocycles. The molecular formula is C21H15ClF4N4O2. The third-order valence-electron chi connectivity index (χ3n) is 4.29. The molecule has 2 aromatic heterocycles. The minimum absolute atomic E-state index is 0.00266. The van der Waals surface area contributed by atoms with E-state index in [0.717, 1.165) is 23.2 Å². The van der Waals surface area contributed by atoms with Gasteiger partial charge in [-0.25, -0.2) is 9.37 Å². The van der Waals surface area contributed by atoms with E-state index in [4.69, 9.17) is 11.6 Å². The largest absolute Gasteiger partial charge is 0.416 e.